The minimum absolute atomic E-state index is 0.00985. The first-order valence-electron chi connectivity index (χ1n) is 7.86. The summed E-state index contributed by atoms with van der Waals surface area (Å²) >= 11 is 0. The molecule has 0 radical (unpaired) electrons. The Morgan fingerprint density at radius 1 is 1.32 bits per heavy atom. The van der Waals surface area contributed by atoms with Crippen molar-refractivity contribution in [2.24, 2.45) is 11.8 Å². The third-order valence-electron chi connectivity index (χ3n) is 4.40. The lowest BCUT2D eigenvalue weighted by Gasteiger charge is -2.29. The number of nitrogens with zero attached hydrogens (tertiary/aromatic N) is 1. The van der Waals surface area contributed by atoms with E-state index in [0.717, 1.165) is 24.2 Å². The highest BCUT2D eigenvalue weighted by Gasteiger charge is 2.50. The second kappa shape index (κ2) is 5.99. The third kappa shape index (κ3) is 2.93. The number of rotatable bonds is 5. The van der Waals surface area contributed by atoms with Gasteiger partial charge in [-0.05, 0) is 42.5 Å². The Labute approximate surface area is 129 Å². The van der Waals surface area contributed by atoms with Gasteiger partial charge in [0, 0.05) is 13.1 Å². The molecule has 1 N–H and O–H groups in total. The first-order valence-corrected chi connectivity index (χ1v) is 7.86. The second-order valence-corrected chi connectivity index (χ2v) is 6.08. The fourth-order valence-corrected chi connectivity index (χ4v) is 3.00. The zero-order valence-electron chi connectivity index (χ0n) is 12.7. The summed E-state index contributed by atoms with van der Waals surface area (Å²) in [6, 6.07) is 6.02. The number of hydrogen-bond donors (Lipinski definition) is 1. The molecule has 1 fully saturated rings. The van der Waals surface area contributed by atoms with Crippen LogP contribution in [0.4, 0.5) is 0 Å². The van der Waals surface area contributed by atoms with Crippen molar-refractivity contribution in [1.82, 2.24) is 4.90 Å². The van der Waals surface area contributed by atoms with Gasteiger partial charge in [0.15, 0.2) is 0 Å². The molecule has 2 atom stereocenters. The summed E-state index contributed by atoms with van der Waals surface area (Å²) in [6.45, 7) is 4.02. The molecule has 5 heteroatoms. The molecule has 0 spiro atoms. The summed E-state index contributed by atoms with van der Waals surface area (Å²) in [4.78, 5) is 25.0. The quantitative estimate of drug-likeness (QED) is 0.904. The van der Waals surface area contributed by atoms with Crippen LogP contribution in [0.5, 0.6) is 5.75 Å². The minimum Gasteiger partial charge on any atom is -0.494 e. The fraction of sp³-hybridized carbons (Fsp3) is 0.529. The molecule has 2 unspecified atom stereocenters. The van der Waals surface area contributed by atoms with Gasteiger partial charge in [-0.25, -0.2) is 0 Å². The number of hydrogen-bond acceptors (Lipinski definition) is 3. The van der Waals surface area contributed by atoms with Gasteiger partial charge >= 0.3 is 5.97 Å². The van der Waals surface area contributed by atoms with Gasteiger partial charge in [-0.1, -0.05) is 13.0 Å². The number of carboxylic acids is 1. The Hall–Kier alpha value is -2.04. The van der Waals surface area contributed by atoms with E-state index < -0.39 is 11.9 Å². The third-order valence-corrected chi connectivity index (χ3v) is 4.40. The fourth-order valence-electron chi connectivity index (χ4n) is 3.00. The lowest BCUT2D eigenvalue weighted by molar-refractivity contribution is -0.142. The van der Waals surface area contributed by atoms with Crippen molar-refractivity contribution in [3.8, 4) is 5.75 Å². The van der Waals surface area contributed by atoms with Crippen LogP contribution < -0.4 is 4.74 Å². The van der Waals surface area contributed by atoms with E-state index in [4.69, 9.17) is 9.84 Å². The zero-order valence-corrected chi connectivity index (χ0v) is 12.7. The van der Waals surface area contributed by atoms with E-state index in [0.29, 0.717) is 26.1 Å². The van der Waals surface area contributed by atoms with E-state index in [-0.39, 0.29) is 11.8 Å². The number of aliphatic carboxylic acids is 1. The number of benzene rings is 1. The molecule has 2 aliphatic rings. The molecule has 1 saturated carbocycles. The standard InChI is InChI=1S/C17H21NO4/c1-2-7-22-13-4-3-12-10-18(6-5-11(12)8-13)16(19)14-9-15(14)17(20)21/h3-4,8,14-15H,2,5-7,9-10H2,1H3,(H,20,21). The van der Waals surface area contributed by atoms with E-state index in [1.807, 2.05) is 12.1 Å². The van der Waals surface area contributed by atoms with Crippen LogP contribution in [0.2, 0.25) is 0 Å². The Morgan fingerprint density at radius 3 is 2.82 bits per heavy atom. The Morgan fingerprint density at radius 2 is 2.14 bits per heavy atom. The first-order chi connectivity index (χ1) is 10.6. The second-order valence-electron chi connectivity index (χ2n) is 6.08. The van der Waals surface area contributed by atoms with Crippen molar-refractivity contribution in [2.75, 3.05) is 13.2 Å². The predicted molar refractivity (Wildman–Crippen MR) is 80.6 cm³/mol. The van der Waals surface area contributed by atoms with E-state index in [1.54, 1.807) is 4.90 Å². The number of amides is 1. The maximum Gasteiger partial charge on any atom is 0.307 e. The van der Waals surface area contributed by atoms with E-state index in [2.05, 4.69) is 13.0 Å². The number of ether oxygens (including phenoxy) is 1. The summed E-state index contributed by atoms with van der Waals surface area (Å²) in [5.74, 6) is -0.767. The monoisotopic (exact) mass is 303 g/mol. The van der Waals surface area contributed by atoms with Crippen molar-refractivity contribution in [1.29, 1.82) is 0 Å². The van der Waals surface area contributed by atoms with Crippen LogP contribution >= 0.6 is 0 Å². The SMILES string of the molecule is CCCOc1ccc2c(c1)CCN(C(=O)C1CC1C(=O)O)C2. The van der Waals surface area contributed by atoms with Crippen LogP contribution in [0.25, 0.3) is 0 Å². The summed E-state index contributed by atoms with van der Waals surface area (Å²) in [5.41, 5.74) is 2.36. The highest BCUT2D eigenvalue weighted by Crippen LogP contribution is 2.41. The maximum atomic E-state index is 12.3. The van der Waals surface area contributed by atoms with Gasteiger partial charge in [-0.3, -0.25) is 9.59 Å². The molecule has 0 bridgehead atoms. The van der Waals surface area contributed by atoms with Crippen LogP contribution in [-0.4, -0.2) is 35.0 Å². The molecule has 1 aliphatic heterocycles. The molecular formula is C17H21NO4. The van der Waals surface area contributed by atoms with Crippen molar-refractivity contribution in [2.45, 2.75) is 32.7 Å². The summed E-state index contributed by atoms with van der Waals surface area (Å²) in [6.07, 6.45) is 2.27. The molecule has 118 valence electrons. The van der Waals surface area contributed by atoms with Crippen molar-refractivity contribution in [3.63, 3.8) is 0 Å². The van der Waals surface area contributed by atoms with Crippen LogP contribution in [0.3, 0.4) is 0 Å². The zero-order chi connectivity index (χ0) is 15.7. The minimum atomic E-state index is -0.853. The van der Waals surface area contributed by atoms with Crippen molar-refractivity contribution in [3.05, 3.63) is 29.3 Å². The number of carboxylic acid groups (broad SMARTS) is 1. The van der Waals surface area contributed by atoms with Gasteiger partial charge in [-0.2, -0.15) is 0 Å². The molecular weight excluding hydrogens is 282 g/mol. The summed E-state index contributed by atoms with van der Waals surface area (Å²) in [5, 5.41) is 8.95. The Kier molecular flexibility index (Phi) is 4.05. The number of fused-ring (bicyclic) bond motifs is 1. The largest absolute Gasteiger partial charge is 0.494 e. The van der Waals surface area contributed by atoms with E-state index in [1.165, 1.54) is 5.56 Å². The molecule has 1 amide bonds. The van der Waals surface area contributed by atoms with Gasteiger partial charge in [0.2, 0.25) is 5.91 Å². The first kappa shape index (κ1) is 14.9. The van der Waals surface area contributed by atoms with Gasteiger partial charge in [-0.15, -0.1) is 0 Å². The lowest BCUT2D eigenvalue weighted by atomic mass is 9.99. The van der Waals surface area contributed by atoms with Gasteiger partial charge in [0.05, 0.1) is 18.4 Å². The average Bonchev–Trinajstić information content (AvgIpc) is 3.32. The summed E-state index contributed by atoms with van der Waals surface area (Å²) in [7, 11) is 0. The Bertz CT molecular complexity index is 598. The smallest absolute Gasteiger partial charge is 0.307 e. The molecule has 0 saturated heterocycles. The Balaban J connectivity index is 1.64. The number of carbonyl (C=O) groups is 2. The topological polar surface area (TPSA) is 66.8 Å². The normalized spacial score (nSPS) is 22.9. The van der Waals surface area contributed by atoms with Crippen LogP contribution in [-0.2, 0) is 22.6 Å². The molecule has 1 heterocycles. The molecule has 5 nitrogen and oxygen atoms in total. The lowest BCUT2D eigenvalue weighted by Crippen LogP contribution is -2.37. The van der Waals surface area contributed by atoms with E-state index >= 15 is 0 Å². The highest BCUT2D eigenvalue weighted by molar-refractivity contribution is 5.89. The maximum absolute atomic E-state index is 12.3. The van der Waals surface area contributed by atoms with E-state index in [9.17, 15) is 9.59 Å². The van der Waals surface area contributed by atoms with Gasteiger partial charge in [0.1, 0.15) is 5.75 Å². The number of carbonyl (C=O) groups excluding carboxylic acids is 1. The van der Waals surface area contributed by atoms with Crippen molar-refractivity contribution < 1.29 is 19.4 Å². The van der Waals surface area contributed by atoms with Crippen LogP contribution in [0.15, 0.2) is 18.2 Å². The van der Waals surface area contributed by atoms with Gasteiger partial charge < -0.3 is 14.7 Å². The van der Waals surface area contributed by atoms with Gasteiger partial charge in [0.25, 0.3) is 0 Å². The molecule has 1 aromatic rings. The molecule has 1 aliphatic carbocycles. The highest BCUT2D eigenvalue weighted by atomic mass is 16.5. The molecule has 1 aromatic carbocycles. The van der Waals surface area contributed by atoms with Crippen LogP contribution in [0, 0.1) is 11.8 Å². The molecule has 0 aromatic heterocycles. The molecule has 22 heavy (non-hydrogen) atoms. The summed E-state index contributed by atoms with van der Waals surface area (Å²) < 4.78 is 5.64. The van der Waals surface area contributed by atoms with Crippen molar-refractivity contribution >= 4 is 11.9 Å². The predicted octanol–water partition coefficient (Wildman–Crippen LogP) is 2.08. The molecule has 3 rings (SSSR count). The van der Waals surface area contributed by atoms with Crippen LogP contribution in [0.1, 0.15) is 30.9 Å². The average molecular weight is 303 g/mol.